The first kappa shape index (κ1) is 16.2. The zero-order valence-electron chi connectivity index (χ0n) is 12.3. The fourth-order valence-electron chi connectivity index (χ4n) is 1.95. The van der Waals surface area contributed by atoms with Gasteiger partial charge >= 0.3 is 5.97 Å². The first-order valence-electron chi connectivity index (χ1n) is 6.77. The number of benzene rings is 1. The first-order valence-corrected chi connectivity index (χ1v) is 6.77. The van der Waals surface area contributed by atoms with Crippen LogP contribution in [-0.2, 0) is 9.53 Å². The van der Waals surface area contributed by atoms with E-state index in [4.69, 9.17) is 14.6 Å². The summed E-state index contributed by atoms with van der Waals surface area (Å²) in [5.74, 6) is -0.0782. The maximum atomic E-state index is 10.5. The first-order chi connectivity index (χ1) is 9.54. The molecule has 0 aliphatic carbocycles. The standard InChI is InChI=1S/C16H22O4/c1-4-19-8-5-9-20-16-12(2)10-14(11-13(16)3)6-7-15(17)18/h6-7,10-11H,4-5,8-9H2,1-3H3,(H,17,18). The van der Waals surface area contributed by atoms with Crippen molar-refractivity contribution in [3.63, 3.8) is 0 Å². The van der Waals surface area contributed by atoms with Gasteiger partial charge in [0.15, 0.2) is 0 Å². The van der Waals surface area contributed by atoms with Crippen molar-refractivity contribution in [2.75, 3.05) is 19.8 Å². The molecule has 1 N–H and O–H groups in total. The maximum absolute atomic E-state index is 10.5. The highest BCUT2D eigenvalue weighted by atomic mass is 16.5. The summed E-state index contributed by atoms with van der Waals surface area (Å²) in [5, 5.41) is 8.63. The van der Waals surface area contributed by atoms with Crippen molar-refractivity contribution in [2.24, 2.45) is 0 Å². The molecule has 1 aromatic carbocycles. The number of rotatable bonds is 8. The van der Waals surface area contributed by atoms with Crippen molar-refractivity contribution >= 4 is 12.0 Å². The van der Waals surface area contributed by atoms with Crippen LogP contribution in [0.3, 0.4) is 0 Å². The second-order valence-corrected chi connectivity index (χ2v) is 4.55. The molecule has 0 saturated heterocycles. The molecule has 20 heavy (non-hydrogen) atoms. The Morgan fingerprint density at radius 2 is 1.90 bits per heavy atom. The van der Waals surface area contributed by atoms with Crippen molar-refractivity contribution in [3.8, 4) is 5.75 Å². The Hall–Kier alpha value is -1.81. The molecule has 1 aromatic rings. The van der Waals surface area contributed by atoms with Gasteiger partial charge in [0.2, 0.25) is 0 Å². The predicted molar refractivity (Wildman–Crippen MR) is 79.2 cm³/mol. The second kappa shape index (κ2) is 8.38. The van der Waals surface area contributed by atoms with Gasteiger partial charge in [-0.1, -0.05) is 0 Å². The summed E-state index contributed by atoms with van der Waals surface area (Å²) in [4.78, 5) is 10.5. The van der Waals surface area contributed by atoms with Crippen LogP contribution in [0.15, 0.2) is 18.2 Å². The Labute approximate surface area is 120 Å². The molecule has 0 unspecified atom stereocenters. The molecule has 0 saturated carbocycles. The summed E-state index contributed by atoms with van der Waals surface area (Å²) in [6.45, 7) is 7.94. The lowest BCUT2D eigenvalue weighted by Crippen LogP contribution is -2.05. The van der Waals surface area contributed by atoms with Crippen LogP contribution in [0.1, 0.15) is 30.0 Å². The number of hydrogen-bond donors (Lipinski definition) is 1. The van der Waals surface area contributed by atoms with Crippen LogP contribution in [0, 0.1) is 13.8 Å². The van der Waals surface area contributed by atoms with Crippen LogP contribution in [0.25, 0.3) is 6.08 Å². The number of aliphatic carboxylic acids is 1. The third-order valence-corrected chi connectivity index (χ3v) is 2.78. The van der Waals surface area contributed by atoms with Crippen LogP contribution < -0.4 is 4.74 Å². The third-order valence-electron chi connectivity index (χ3n) is 2.78. The van der Waals surface area contributed by atoms with Gasteiger partial charge < -0.3 is 14.6 Å². The van der Waals surface area contributed by atoms with Gasteiger partial charge in [0.05, 0.1) is 6.61 Å². The number of aryl methyl sites for hydroxylation is 2. The normalized spacial score (nSPS) is 10.9. The topological polar surface area (TPSA) is 55.8 Å². The number of hydrogen-bond acceptors (Lipinski definition) is 3. The summed E-state index contributed by atoms with van der Waals surface area (Å²) in [6, 6.07) is 3.84. The van der Waals surface area contributed by atoms with E-state index in [9.17, 15) is 4.79 Å². The Kier molecular flexibility index (Phi) is 6.81. The highest BCUT2D eigenvalue weighted by Gasteiger charge is 2.05. The number of carboxylic acid groups (broad SMARTS) is 1. The predicted octanol–water partition coefficient (Wildman–Crippen LogP) is 3.21. The smallest absolute Gasteiger partial charge is 0.328 e. The zero-order chi connectivity index (χ0) is 15.0. The Morgan fingerprint density at radius 3 is 2.45 bits per heavy atom. The highest BCUT2D eigenvalue weighted by molar-refractivity contribution is 5.85. The Morgan fingerprint density at radius 1 is 1.25 bits per heavy atom. The largest absolute Gasteiger partial charge is 0.493 e. The molecule has 0 atom stereocenters. The monoisotopic (exact) mass is 278 g/mol. The fraction of sp³-hybridized carbons (Fsp3) is 0.438. The van der Waals surface area contributed by atoms with Gasteiger partial charge in [-0.2, -0.15) is 0 Å². The summed E-state index contributed by atoms with van der Waals surface area (Å²) >= 11 is 0. The molecule has 0 fully saturated rings. The van der Waals surface area contributed by atoms with E-state index >= 15 is 0 Å². The lowest BCUT2D eigenvalue weighted by molar-refractivity contribution is -0.131. The van der Waals surface area contributed by atoms with Gasteiger partial charge in [0.1, 0.15) is 5.75 Å². The van der Waals surface area contributed by atoms with E-state index in [1.54, 1.807) is 6.08 Å². The van der Waals surface area contributed by atoms with Crippen LogP contribution in [0.5, 0.6) is 5.75 Å². The van der Waals surface area contributed by atoms with E-state index in [0.717, 1.165) is 41.5 Å². The fourth-order valence-corrected chi connectivity index (χ4v) is 1.95. The van der Waals surface area contributed by atoms with Crippen molar-refractivity contribution in [2.45, 2.75) is 27.2 Å². The number of carboxylic acids is 1. The van der Waals surface area contributed by atoms with Gasteiger partial charge in [-0.3, -0.25) is 0 Å². The molecule has 0 amide bonds. The molecule has 0 aliphatic rings. The van der Waals surface area contributed by atoms with E-state index in [2.05, 4.69) is 0 Å². The van der Waals surface area contributed by atoms with Gasteiger partial charge in [-0.25, -0.2) is 4.79 Å². The molecule has 4 nitrogen and oxygen atoms in total. The highest BCUT2D eigenvalue weighted by Crippen LogP contribution is 2.25. The van der Waals surface area contributed by atoms with Crippen LogP contribution >= 0.6 is 0 Å². The molecule has 0 aromatic heterocycles. The minimum Gasteiger partial charge on any atom is -0.493 e. The van der Waals surface area contributed by atoms with Crippen LogP contribution in [-0.4, -0.2) is 30.9 Å². The molecule has 0 heterocycles. The minimum absolute atomic E-state index is 0.617. The molecular weight excluding hydrogens is 256 g/mol. The van der Waals surface area contributed by atoms with E-state index in [1.165, 1.54) is 0 Å². The summed E-state index contributed by atoms with van der Waals surface area (Å²) < 4.78 is 11.0. The average molecular weight is 278 g/mol. The van der Waals surface area contributed by atoms with Crippen molar-refractivity contribution in [1.29, 1.82) is 0 Å². The van der Waals surface area contributed by atoms with Gasteiger partial charge in [0.25, 0.3) is 0 Å². The maximum Gasteiger partial charge on any atom is 0.328 e. The summed E-state index contributed by atoms with van der Waals surface area (Å²) in [6.07, 6.45) is 3.57. The lowest BCUT2D eigenvalue weighted by Gasteiger charge is -2.13. The third kappa shape index (κ3) is 5.45. The Balaban J connectivity index is 2.66. The van der Waals surface area contributed by atoms with Crippen LogP contribution in [0.4, 0.5) is 0 Å². The van der Waals surface area contributed by atoms with E-state index in [0.29, 0.717) is 13.2 Å². The molecule has 1 rings (SSSR count). The van der Waals surface area contributed by atoms with Crippen molar-refractivity contribution in [3.05, 3.63) is 34.9 Å². The van der Waals surface area contributed by atoms with Gasteiger partial charge in [-0.15, -0.1) is 0 Å². The molecule has 0 radical (unpaired) electrons. The molecule has 0 bridgehead atoms. The minimum atomic E-state index is -0.948. The quantitative estimate of drug-likeness (QED) is 0.586. The zero-order valence-corrected chi connectivity index (χ0v) is 12.3. The van der Waals surface area contributed by atoms with E-state index in [-0.39, 0.29) is 0 Å². The average Bonchev–Trinajstić information content (AvgIpc) is 2.38. The summed E-state index contributed by atoms with van der Waals surface area (Å²) in [7, 11) is 0. The van der Waals surface area contributed by atoms with E-state index in [1.807, 2.05) is 32.9 Å². The molecular formula is C16H22O4. The SMILES string of the molecule is CCOCCCOc1c(C)cc(C=CC(=O)O)cc1C. The van der Waals surface area contributed by atoms with Gasteiger partial charge in [0, 0.05) is 25.7 Å². The van der Waals surface area contributed by atoms with E-state index < -0.39 is 5.97 Å². The second-order valence-electron chi connectivity index (χ2n) is 4.55. The lowest BCUT2D eigenvalue weighted by atomic mass is 10.1. The summed E-state index contributed by atoms with van der Waals surface area (Å²) in [5.41, 5.74) is 2.88. The van der Waals surface area contributed by atoms with Gasteiger partial charge in [-0.05, 0) is 55.7 Å². The number of carbonyl (C=O) groups is 1. The van der Waals surface area contributed by atoms with Crippen LogP contribution in [0.2, 0.25) is 0 Å². The van der Waals surface area contributed by atoms with Crippen molar-refractivity contribution < 1.29 is 19.4 Å². The molecule has 0 spiro atoms. The molecule has 4 heteroatoms. The number of ether oxygens (including phenoxy) is 2. The molecule has 0 aliphatic heterocycles. The Bertz CT molecular complexity index is 454. The molecule has 110 valence electrons. The van der Waals surface area contributed by atoms with Crippen molar-refractivity contribution in [1.82, 2.24) is 0 Å².